The summed E-state index contributed by atoms with van der Waals surface area (Å²) in [5.74, 6) is -6.87. The molecule has 1 aromatic rings. The van der Waals surface area contributed by atoms with Crippen molar-refractivity contribution in [1.29, 1.82) is 0 Å². The van der Waals surface area contributed by atoms with E-state index < -0.39 is 66.7 Å². The maximum atomic E-state index is 12.6. The van der Waals surface area contributed by atoms with E-state index in [2.05, 4.69) is 10.6 Å². The normalized spacial score (nSPS) is 13.1. The van der Waals surface area contributed by atoms with E-state index in [1.807, 2.05) is 5.32 Å². The lowest BCUT2D eigenvalue weighted by atomic mass is 10.0. The van der Waals surface area contributed by atoms with Crippen LogP contribution < -0.4 is 21.7 Å². The number of carboxylic acid groups (broad SMARTS) is 3. The molecule has 0 aliphatic carbocycles. The lowest BCUT2D eigenvalue weighted by Crippen LogP contribution is -2.54. The minimum Gasteiger partial charge on any atom is -0.508 e. The monoisotopic (exact) mass is 482 g/mol. The van der Waals surface area contributed by atoms with Crippen molar-refractivity contribution in [2.24, 2.45) is 5.73 Å². The van der Waals surface area contributed by atoms with Crippen LogP contribution in [0.15, 0.2) is 24.3 Å². The van der Waals surface area contributed by atoms with E-state index in [1.165, 1.54) is 24.3 Å². The van der Waals surface area contributed by atoms with Crippen LogP contribution in [0.25, 0.3) is 0 Å². The summed E-state index contributed by atoms with van der Waals surface area (Å²) in [6, 6.07) is 1.28. The highest BCUT2D eigenvalue weighted by Gasteiger charge is 2.28. The van der Waals surface area contributed by atoms with Crippen molar-refractivity contribution in [3.8, 4) is 5.75 Å². The molecule has 9 N–H and O–H groups in total. The van der Waals surface area contributed by atoms with Crippen LogP contribution in [0.3, 0.4) is 0 Å². The molecule has 1 rings (SSSR count). The molecule has 0 fully saturated rings. The Morgan fingerprint density at radius 2 is 1.47 bits per heavy atom. The molecule has 0 spiro atoms. The number of phenols is 1. The van der Waals surface area contributed by atoms with E-state index in [1.54, 1.807) is 0 Å². The van der Waals surface area contributed by atoms with E-state index >= 15 is 0 Å². The molecule has 3 atom stereocenters. The quantitative estimate of drug-likeness (QED) is 0.141. The molecule has 0 radical (unpaired) electrons. The molecule has 0 aromatic heterocycles. The van der Waals surface area contributed by atoms with Gasteiger partial charge in [-0.2, -0.15) is 0 Å². The summed E-state index contributed by atoms with van der Waals surface area (Å²) >= 11 is 0. The Kier molecular flexibility index (Phi) is 10.9. The molecule has 0 heterocycles. The summed E-state index contributed by atoms with van der Waals surface area (Å²) in [5.41, 5.74) is 6.02. The van der Waals surface area contributed by atoms with Crippen LogP contribution in [0.5, 0.6) is 5.75 Å². The number of hydrogen-bond donors (Lipinski definition) is 8. The molecule has 3 amide bonds. The van der Waals surface area contributed by atoms with E-state index in [-0.39, 0.29) is 25.0 Å². The van der Waals surface area contributed by atoms with Gasteiger partial charge < -0.3 is 42.1 Å². The first-order chi connectivity index (χ1) is 15.9. The van der Waals surface area contributed by atoms with Crippen LogP contribution in [0.1, 0.15) is 24.8 Å². The maximum absolute atomic E-state index is 12.6. The first kappa shape index (κ1) is 27.8. The number of benzene rings is 1. The number of carboxylic acids is 3. The molecular formula is C20H26N4O10. The number of carbonyl (C=O) groups excluding carboxylic acids is 3. The largest absolute Gasteiger partial charge is 0.508 e. The van der Waals surface area contributed by atoms with Gasteiger partial charge in [0.25, 0.3) is 0 Å². The van der Waals surface area contributed by atoms with Crippen LogP contribution >= 0.6 is 0 Å². The van der Waals surface area contributed by atoms with Gasteiger partial charge in [-0.15, -0.1) is 0 Å². The Balaban J connectivity index is 2.86. The third-order valence-corrected chi connectivity index (χ3v) is 4.45. The van der Waals surface area contributed by atoms with Gasteiger partial charge in [-0.25, -0.2) is 4.79 Å². The van der Waals surface area contributed by atoms with Gasteiger partial charge in [0.1, 0.15) is 17.8 Å². The van der Waals surface area contributed by atoms with Gasteiger partial charge >= 0.3 is 17.9 Å². The van der Waals surface area contributed by atoms with Gasteiger partial charge in [-0.3, -0.25) is 24.0 Å². The fraction of sp³-hybridized carbons (Fsp3) is 0.400. The molecule has 0 saturated heterocycles. The van der Waals surface area contributed by atoms with E-state index in [9.17, 15) is 33.9 Å². The van der Waals surface area contributed by atoms with Gasteiger partial charge in [0.05, 0.1) is 19.0 Å². The third kappa shape index (κ3) is 10.4. The zero-order chi connectivity index (χ0) is 25.8. The van der Waals surface area contributed by atoms with Crippen molar-refractivity contribution in [3.05, 3.63) is 29.8 Å². The first-order valence-corrected chi connectivity index (χ1v) is 9.96. The molecule has 14 heteroatoms. The molecule has 0 aliphatic heterocycles. The Hall–Kier alpha value is -4.20. The van der Waals surface area contributed by atoms with Gasteiger partial charge in [-0.1, -0.05) is 12.1 Å². The molecule has 186 valence electrons. The number of hydrogen-bond acceptors (Lipinski definition) is 8. The van der Waals surface area contributed by atoms with Crippen molar-refractivity contribution in [2.75, 3.05) is 6.54 Å². The third-order valence-electron chi connectivity index (χ3n) is 4.45. The number of rotatable bonds is 14. The summed E-state index contributed by atoms with van der Waals surface area (Å²) < 4.78 is 0. The maximum Gasteiger partial charge on any atom is 0.326 e. The zero-order valence-corrected chi connectivity index (χ0v) is 17.9. The van der Waals surface area contributed by atoms with Crippen molar-refractivity contribution in [3.63, 3.8) is 0 Å². The lowest BCUT2D eigenvalue weighted by molar-refractivity contribution is -0.147. The molecule has 3 unspecified atom stereocenters. The minimum atomic E-state index is -1.75. The Bertz CT molecular complexity index is 918. The molecule has 0 saturated carbocycles. The predicted octanol–water partition coefficient (Wildman–Crippen LogP) is -2.23. The van der Waals surface area contributed by atoms with Gasteiger partial charge in [0.2, 0.25) is 17.7 Å². The van der Waals surface area contributed by atoms with Gasteiger partial charge in [-0.05, 0) is 24.1 Å². The van der Waals surface area contributed by atoms with Crippen LogP contribution in [0.4, 0.5) is 0 Å². The summed E-state index contributed by atoms with van der Waals surface area (Å²) in [6.45, 7) is -0.615. The SMILES string of the molecule is NC(CCC(=O)O)C(=O)NCC(=O)NC(Cc1ccc(O)cc1)C(=O)NC(CC(=O)O)C(=O)O. The molecule has 14 nitrogen and oxygen atoms in total. The van der Waals surface area contributed by atoms with E-state index in [4.69, 9.17) is 21.1 Å². The second-order valence-electron chi connectivity index (χ2n) is 7.24. The van der Waals surface area contributed by atoms with Crippen LogP contribution in [0, 0.1) is 0 Å². The summed E-state index contributed by atoms with van der Waals surface area (Å²) in [4.78, 5) is 69.5. The average molecular weight is 482 g/mol. The average Bonchev–Trinajstić information content (AvgIpc) is 2.75. The predicted molar refractivity (Wildman–Crippen MR) is 113 cm³/mol. The standard InChI is InChI=1S/C20H26N4O10/c21-12(5-6-16(27)28)18(31)22-9-15(26)23-13(7-10-1-3-11(25)4-2-10)19(32)24-14(20(33)34)8-17(29)30/h1-4,12-14,25H,5-9,21H2,(H,22,31)(H,23,26)(H,24,32)(H,27,28)(H,29,30)(H,33,34). The summed E-state index contributed by atoms with van der Waals surface area (Å²) in [5, 5.41) is 42.6. The van der Waals surface area contributed by atoms with Crippen molar-refractivity contribution in [1.82, 2.24) is 16.0 Å². The smallest absolute Gasteiger partial charge is 0.326 e. The highest BCUT2D eigenvalue weighted by molar-refractivity contribution is 5.93. The number of amides is 3. The van der Waals surface area contributed by atoms with Crippen LogP contribution in [0.2, 0.25) is 0 Å². The highest BCUT2D eigenvalue weighted by atomic mass is 16.4. The topological polar surface area (TPSA) is 245 Å². The minimum absolute atomic E-state index is 0.0527. The Morgan fingerprint density at radius 1 is 0.853 bits per heavy atom. The lowest BCUT2D eigenvalue weighted by Gasteiger charge is -2.21. The fourth-order valence-corrected chi connectivity index (χ4v) is 2.68. The molecular weight excluding hydrogens is 456 g/mol. The number of phenolic OH excluding ortho intramolecular Hbond substituents is 1. The zero-order valence-electron chi connectivity index (χ0n) is 17.9. The van der Waals surface area contributed by atoms with Gasteiger partial charge in [0.15, 0.2) is 0 Å². The van der Waals surface area contributed by atoms with Crippen molar-refractivity contribution in [2.45, 2.75) is 43.8 Å². The molecule has 1 aromatic carbocycles. The highest BCUT2D eigenvalue weighted by Crippen LogP contribution is 2.12. The van der Waals surface area contributed by atoms with Crippen LogP contribution in [-0.4, -0.2) is 80.7 Å². The fourth-order valence-electron chi connectivity index (χ4n) is 2.68. The second-order valence-corrected chi connectivity index (χ2v) is 7.24. The summed E-state index contributed by atoms with van der Waals surface area (Å²) in [6.07, 6.45) is -1.56. The van der Waals surface area contributed by atoms with E-state index in [0.717, 1.165) is 0 Å². The molecule has 0 aliphatic rings. The Morgan fingerprint density at radius 3 is 2.00 bits per heavy atom. The number of nitrogens with one attached hydrogen (secondary N) is 3. The summed E-state index contributed by atoms with van der Waals surface area (Å²) in [7, 11) is 0. The number of aliphatic carboxylic acids is 3. The van der Waals surface area contributed by atoms with Crippen molar-refractivity contribution >= 4 is 35.6 Å². The van der Waals surface area contributed by atoms with Crippen molar-refractivity contribution < 1.29 is 49.2 Å². The van der Waals surface area contributed by atoms with Crippen LogP contribution in [-0.2, 0) is 35.2 Å². The number of aromatic hydroxyl groups is 1. The van der Waals surface area contributed by atoms with Gasteiger partial charge in [0, 0.05) is 12.8 Å². The molecule has 0 bridgehead atoms. The molecule has 34 heavy (non-hydrogen) atoms. The Labute approximate surface area is 193 Å². The second kappa shape index (κ2) is 13.4. The number of carbonyl (C=O) groups is 6. The first-order valence-electron chi connectivity index (χ1n) is 9.96. The number of nitrogens with two attached hydrogens (primary N) is 1. The van der Waals surface area contributed by atoms with E-state index in [0.29, 0.717) is 5.56 Å².